The molecule has 0 heterocycles. The molecule has 0 aliphatic heterocycles. The molecule has 0 nitrogen and oxygen atoms in total. The van der Waals surface area contributed by atoms with Gasteiger partial charge in [0.05, 0.1) is 0 Å². The van der Waals surface area contributed by atoms with E-state index in [0.29, 0.717) is 5.25 Å². The fourth-order valence-corrected chi connectivity index (χ4v) is 0.955. The molecular weight excluding hydrogens is 140 g/mol. The number of hydrogen-bond donors (Lipinski definition) is 0. The van der Waals surface area contributed by atoms with Crippen molar-refractivity contribution in [3.63, 3.8) is 0 Å². The molecule has 0 aromatic heterocycles. The topological polar surface area (TPSA) is 0 Å². The van der Waals surface area contributed by atoms with Crippen molar-refractivity contribution < 1.29 is 0 Å². The van der Waals surface area contributed by atoms with Gasteiger partial charge < -0.3 is 0 Å². The van der Waals surface area contributed by atoms with Crippen LogP contribution in [0.25, 0.3) is 0 Å². The zero-order chi connectivity index (χ0) is 7.82. The second-order valence-electron chi connectivity index (χ2n) is 2.37. The summed E-state index contributed by atoms with van der Waals surface area (Å²) >= 11 is 1.76. The summed E-state index contributed by atoms with van der Waals surface area (Å²) in [6, 6.07) is 0. The second kappa shape index (κ2) is 7.02. The lowest BCUT2D eigenvalue weighted by molar-refractivity contribution is 0.910. The van der Waals surface area contributed by atoms with Crippen molar-refractivity contribution in [1.82, 2.24) is 0 Å². The zero-order valence-corrected chi connectivity index (χ0v) is 7.92. The first kappa shape index (κ1) is 9.91. The van der Waals surface area contributed by atoms with E-state index in [2.05, 4.69) is 31.9 Å². The van der Waals surface area contributed by atoms with Crippen LogP contribution in [-0.2, 0) is 0 Å². The predicted octanol–water partition coefficient (Wildman–Crippen LogP) is 3.28. The third kappa shape index (κ3) is 6.04. The normalized spacial score (nSPS) is 11.9. The van der Waals surface area contributed by atoms with Crippen molar-refractivity contribution >= 4 is 11.8 Å². The lowest BCUT2D eigenvalue weighted by Gasteiger charge is -1.98. The number of thioether (sulfide) groups is 1. The highest BCUT2D eigenvalue weighted by Gasteiger charge is 1.92. The van der Waals surface area contributed by atoms with Gasteiger partial charge in [-0.25, -0.2) is 0 Å². The summed E-state index contributed by atoms with van der Waals surface area (Å²) < 4.78 is 0. The molecule has 0 N–H and O–H groups in total. The maximum atomic E-state index is 3.11. The van der Waals surface area contributed by atoms with E-state index in [9.17, 15) is 0 Å². The molecule has 58 valence electrons. The average Bonchev–Trinajstić information content (AvgIpc) is 1.98. The molecule has 0 bridgehead atoms. The molecule has 0 spiro atoms. The highest BCUT2D eigenvalue weighted by atomic mass is 32.2. The monoisotopic (exact) mass is 156 g/mol. The first-order valence-electron chi connectivity index (χ1n) is 3.94. The highest BCUT2D eigenvalue weighted by Crippen LogP contribution is 2.10. The van der Waals surface area contributed by atoms with Gasteiger partial charge in [0.25, 0.3) is 0 Å². The summed E-state index contributed by atoms with van der Waals surface area (Å²) in [6.45, 7) is 6.56. The van der Waals surface area contributed by atoms with Gasteiger partial charge in [0.2, 0.25) is 0 Å². The van der Waals surface area contributed by atoms with E-state index in [1.54, 1.807) is 11.8 Å². The Morgan fingerprint density at radius 1 is 1.40 bits per heavy atom. The maximum absolute atomic E-state index is 3.11. The second-order valence-corrected chi connectivity index (χ2v) is 3.61. The minimum absolute atomic E-state index is 0.698. The summed E-state index contributed by atoms with van der Waals surface area (Å²) in [5.74, 6) is 3.11. The SMILES string of the molecule is CCCC#CSC(C)CC. The third-order valence-electron chi connectivity index (χ3n) is 1.28. The van der Waals surface area contributed by atoms with Gasteiger partial charge >= 0.3 is 0 Å². The van der Waals surface area contributed by atoms with Crippen LogP contribution in [0, 0.1) is 11.2 Å². The van der Waals surface area contributed by atoms with Crippen LogP contribution in [0.5, 0.6) is 0 Å². The van der Waals surface area contributed by atoms with E-state index in [1.165, 1.54) is 12.8 Å². The molecular formula is C9H16S. The van der Waals surface area contributed by atoms with E-state index in [1.807, 2.05) is 0 Å². The van der Waals surface area contributed by atoms with Gasteiger partial charge in [0.15, 0.2) is 0 Å². The van der Waals surface area contributed by atoms with Gasteiger partial charge in [0, 0.05) is 11.7 Å². The molecule has 0 aliphatic carbocycles. The molecule has 0 saturated heterocycles. The minimum Gasteiger partial charge on any atom is -0.0913 e. The van der Waals surface area contributed by atoms with Crippen molar-refractivity contribution in [1.29, 1.82) is 0 Å². The van der Waals surface area contributed by atoms with Gasteiger partial charge in [-0.3, -0.25) is 0 Å². The van der Waals surface area contributed by atoms with Crippen LogP contribution < -0.4 is 0 Å². The maximum Gasteiger partial charge on any atom is 0.0140 e. The van der Waals surface area contributed by atoms with E-state index < -0.39 is 0 Å². The summed E-state index contributed by atoms with van der Waals surface area (Å²) in [5.41, 5.74) is 0. The molecule has 0 aliphatic rings. The Morgan fingerprint density at radius 3 is 2.60 bits per heavy atom. The molecule has 10 heavy (non-hydrogen) atoms. The molecule has 1 heteroatoms. The summed E-state index contributed by atoms with van der Waals surface area (Å²) in [7, 11) is 0. The summed E-state index contributed by atoms with van der Waals surface area (Å²) in [6.07, 6.45) is 3.43. The van der Waals surface area contributed by atoms with Crippen molar-refractivity contribution in [3.05, 3.63) is 0 Å². The lowest BCUT2D eigenvalue weighted by Crippen LogP contribution is -1.88. The fourth-order valence-electron chi connectivity index (χ4n) is 0.402. The number of rotatable bonds is 3. The highest BCUT2D eigenvalue weighted by molar-refractivity contribution is 8.04. The van der Waals surface area contributed by atoms with E-state index >= 15 is 0 Å². The summed E-state index contributed by atoms with van der Waals surface area (Å²) in [4.78, 5) is 0. The summed E-state index contributed by atoms with van der Waals surface area (Å²) in [5, 5.41) is 3.80. The Bertz CT molecular complexity index is 118. The van der Waals surface area contributed by atoms with Gasteiger partial charge in [0.1, 0.15) is 0 Å². The van der Waals surface area contributed by atoms with Crippen LogP contribution in [0.15, 0.2) is 0 Å². The molecule has 0 rings (SSSR count). The third-order valence-corrected chi connectivity index (χ3v) is 2.28. The van der Waals surface area contributed by atoms with Crippen LogP contribution in [0.4, 0.5) is 0 Å². The molecule has 0 radical (unpaired) electrons. The minimum atomic E-state index is 0.698. The predicted molar refractivity (Wildman–Crippen MR) is 50.0 cm³/mol. The zero-order valence-electron chi connectivity index (χ0n) is 7.11. The first-order chi connectivity index (χ1) is 4.81. The van der Waals surface area contributed by atoms with Crippen LogP contribution >= 0.6 is 11.8 Å². The van der Waals surface area contributed by atoms with Crippen molar-refractivity contribution in [3.8, 4) is 11.2 Å². The standard InChI is InChI=1S/C9H16S/c1-4-6-7-8-10-9(3)5-2/h9H,4-6H2,1-3H3. The number of unbranched alkanes of at least 4 members (excludes halogenated alkanes) is 1. The largest absolute Gasteiger partial charge is 0.0913 e. The average molecular weight is 156 g/mol. The van der Waals surface area contributed by atoms with Crippen molar-refractivity contribution in [2.75, 3.05) is 0 Å². The Balaban J connectivity index is 3.26. The van der Waals surface area contributed by atoms with E-state index in [-0.39, 0.29) is 0 Å². The first-order valence-corrected chi connectivity index (χ1v) is 4.82. The Hall–Kier alpha value is -0.0900. The van der Waals surface area contributed by atoms with Crippen LogP contribution in [0.1, 0.15) is 40.0 Å². The molecule has 1 atom stereocenters. The van der Waals surface area contributed by atoms with Crippen LogP contribution in [0.2, 0.25) is 0 Å². The van der Waals surface area contributed by atoms with Crippen molar-refractivity contribution in [2.24, 2.45) is 0 Å². The van der Waals surface area contributed by atoms with Crippen molar-refractivity contribution in [2.45, 2.75) is 45.3 Å². The molecule has 1 unspecified atom stereocenters. The van der Waals surface area contributed by atoms with Gasteiger partial charge in [-0.1, -0.05) is 38.5 Å². The molecule has 0 aromatic rings. The molecule has 0 saturated carbocycles. The van der Waals surface area contributed by atoms with E-state index in [0.717, 1.165) is 6.42 Å². The number of hydrogen-bond acceptors (Lipinski definition) is 1. The Labute approximate surface area is 68.8 Å². The molecule has 0 amide bonds. The fraction of sp³-hybridized carbons (Fsp3) is 0.778. The Kier molecular flexibility index (Phi) is 6.96. The molecule has 0 aromatic carbocycles. The lowest BCUT2D eigenvalue weighted by atomic mass is 10.4. The molecule has 0 fully saturated rings. The quantitative estimate of drug-likeness (QED) is 0.565. The van der Waals surface area contributed by atoms with E-state index in [4.69, 9.17) is 0 Å². The van der Waals surface area contributed by atoms with Gasteiger partial charge in [-0.15, -0.1) is 0 Å². The smallest absolute Gasteiger partial charge is 0.0140 e. The Morgan fingerprint density at radius 2 is 2.10 bits per heavy atom. The van der Waals surface area contributed by atoms with Crippen LogP contribution in [0.3, 0.4) is 0 Å². The van der Waals surface area contributed by atoms with Gasteiger partial charge in [-0.2, -0.15) is 0 Å². The van der Waals surface area contributed by atoms with Crippen LogP contribution in [-0.4, -0.2) is 5.25 Å². The van der Waals surface area contributed by atoms with Gasteiger partial charge in [-0.05, 0) is 18.1 Å².